The highest BCUT2D eigenvalue weighted by atomic mass is 79.9. The average Bonchev–Trinajstić information content (AvgIpc) is 3.33. The van der Waals surface area contributed by atoms with Crippen molar-refractivity contribution >= 4 is 37.6 Å². The standard InChI is InChI=1S/C19H17BrClN3O3S/c1-12-15(21)4-2-6-17(12)28(25,26)24-11-3-5-16(24)19-22-18(23-27-19)13-7-9-14(20)10-8-13/h2,4,6-10,16H,3,5,11H2,1H3. The van der Waals surface area contributed by atoms with Crippen molar-refractivity contribution in [1.29, 1.82) is 0 Å². The van der Waals surface area contributed by atoms with E-state index in [1.807, 2.05) is 24.3 Å². The molecule has 28 heavy (non-hydrogen) atoms. The maximum atomic E-state index is 13.3. The Morgan fingerprint density at radius 2 is 1.96 bits per heavy atom. The molecule has 2 aromatic carbocycles. The number of sulfonamides is 1. The summed E-state index contributed by atoms with van der Waals surface area (Å²) in [5.41, 5.74) is 1.34. The van der Waals surface area contributed by atoms with E-state index in [4.69, 9.17) is 16.1 Å². The molecule has 1 unspecified atom stereocenters. The van der Waals surface area contributed by atoms with Gasteiger partial charge >= 0.3 is 0 Å². The van der Waals surface area contributed by atoms with Gasteiger partial charge in [-0.1, -0.05) is 38.8 Å². The Morgan fingerprint density at radius 1 is 1.21 bits per heavy atom. The van der Waals surface area contributed by atoms with Crippen LogP contribution in [-0.4, -0.2) is 29.4 Å². The monoisotopic (exact) mass is 481 g/mol. The number of aromatic nitrogens is 2. The Hall–Kier alpha value is -1.74. The smallest absolute Gasteiger partial charge is 0.245 e. The minimum atomic E-state index is -3.74. The Balaban J connectivity index is 1.67. The predicted octanol–water partition coefficient (Wildman–Crippen LogP) is 4.99. The highest BCUT2D eigenvalue weighted by Crippen LogP contribution is 2.38. The summed E-state index contributed by atoms with van der Waals surface area (Å²) in [6, 6.07) is 11.9. The molecule has 0 aliphatic carbocycles. The van der Waals surface area contributed by atoms with Crippen LogP contribution in [0.4, 0.5) is 0 Å². The molecule has 146 valence electrons. The van der Waals surface area contributed by atoms with E-state index < -0.39 is 16.1 Å². The fraction of sp³-hybridized carbons (Fsp3) is 0.263. The predicted molar refractivity (Wildman–Crippen MR) is 109 cm³/mol. The fourth-order valence-corrected chi connectivity index (χ4v) is 5.75. The molecule has 1 fully saturated rings. The van der Waals surface area contributed by atoms with E-state index in [-0.39, 0.29) is 4.90 Å². The van der Waals surface area contributed by atoms with E-state index in [1.54, 1.807) is 25.1 Å². The van der Waals surface area contributed by atoms with Gasteiger partial charge in [0, 0.05) is 21.6 Å². The zero-order valence-corrected chi connectivity index (χ0v) is 18.1. The maximum absolute atomic E-state index is 13.3. The molecule has 3 aromatic rings. The molecule has 0 spiro atoms. The minimum Gasteiger partial charge on any atom is -0.337 e. The third-order valence-corrected chi connectivity index (χ3v) is 7.83. The molecule has 2 heterocycles. The molecule has 1 saturated heterocycles. The van der Waals surface area contributed by atoms with E-state index in [0.29, 0.717) is 35.3 Å². The lowest BCUT2D eigenvalue weighted by Crippen LogP contribution is -2.31. The summed E-state index contributed by atoms with van der Waals surface area (Å²) < 4.78 is 34.4. The van der Waals surface area contributed by atoms with Crippen LogP contribution in [0.3, 0.4) is 0 Å². The number of benzene rings is 2. The quantitative estimate of drug-likeness (QED) is 0.524. The molecule has 0 N–H and O–H groups in total. The van der Waals surface area contributed by atoms with Crippen molar-refractivity contribution in [3.8, 4) is 11.4 Å². The Morgan fingerprint density at radius 3 is 2.71 bits per heavy atom. The lowest BCUT2D eigenvalue weighted by molar-refractivity contribution is 0.290. The second-order valence-electron chi connectivity index (χ2n) is 6.60. The van der Waals surface area contributed by atoms with Crippen LogP contribution < -0.4 is 0 Å². The third-order valence-electron chi connectivity index (χ3n) is 4.84. The molecule has 1 aliphatic rings. The van der Waals surface area contributed by atoms with Crippen molar-refractivity contribution < 1.29 is 12.9 Å². The lowest BCUT2D eigenvalue weighted by Gasteiger charge is -2.22. The van der Waals surface area contributed by atoms with Crippen LogP contribution in [-0.2, 0) is 10.0 Å². The first-order valence-electron chi connectivity index (χ1n) is 8.74. The van der Waals surface area contributed by atoms with Crippen molar-refractivity contribution in [1.82, 2.24) is 14.4 Å². The molecule has 4 rings (SSSR count). The van der Waals surface area contributed by atoms with Crippen LogP contribution in [0.5, 0.6) is 0 Å². The molecular weight excluding hydrogens is 466 g/mol. The average molecular weight is 483 g/mol. The second-order valence-corrected chi connectivity index (χ2v) is 9.78. The van der Waals surface area contributed by atoms with Gasteiger partial charge in [0.05, 0.1) is 4.90 Å². The summed E-state index contributed by atoms with van der Waals surface area (Å²) in [5.74, 6) is 0.740. The molecule has 6 nitrogen and oxygen atoms in total. The van der Waals surface area contributed by atoms with Gasteiger partial charge in [-0.05, 0) is 61.7 Å². The van der Waals surface area contributed by atoms with Crippen LogP contribution in [0.1, 0.15) is 30.3 Å². The van der Waals surface area contributed by atoms with E-state index in [2.05, 4.69) is 26.1 Å². The lowest BCUT2D eigenvalue weighted by atomic mass is 10.2. The number of rotatable bonds is 4. The van der Waals surface area contributed by atoms with E-state index in [1.165, 1.54) is 4.31 Å². The van der Waals surface area contributed by atoms with Crippen molar-refractivity contribution in [3.63, 3.8) is 0 Å². The van der Waals surface area contributed by atoms with Gasteiger partial charge in [0.1, 0.15) is 6.04 Å². The highest BCUT2D eigenvalue weighted by molar-refractivity contribution is 9.10. The summed E-state index contributed by atoms with van der Waals surface area (Å²) in [7, 11) is -3.74. The largest absolute Gasteiger partial charge is 0.337 e. The summed E-state index contributed by atoms with van der Waals surface area (Å²) in [6.45, 7) is 2.10. The summed E-state index contributed by atoms with van der Waals surface area (Å²) in [5, 5.41) is 4.46. The molecule has 0 bridgehead atoms. The highest BCUT2D eigenvalue weighted by Gasteiger charge is 2.40. The number of nitrogens with zero attached hydrogens (tertiary/aromatic N) is 3. The molecule has 0 amide bonds. The van der Waals surface area contributed by atoms with Gasteiger partial charge in [-0.25, -0.2) is 8.42 Å². The normalized spacial score (nSPS) is 17.9. The van der Waals surface area contributed by atoms with Crippen LogP contribution in [0.2, 0.25) is 5.02 Å². The maximum Gasteiger partial charge on any atom is 0.245 e. The molecule has 1 aromatic heterocycles. The van der Waals surface area contributed by atoms with Gasteiger partial charge in [0.2, 0.25) is 21.7 Å². The molecular formula is C19H17BrClN3O3S. The molecule has 1 atom stereocenters. The molecule has 0 saturated carbocycles. The summed E-state index contributed by atoms with van der Waals surface area (Å²) in [4.78, 5) is 4.67. The Kier molecular flexibility index (Phi) is 5.30. The Labute approximate surface area is 176 Å². The van der Waals surface area contributed by atoms with Crippen LogP contribution >= 0.6 is 27.5 Å². The van der Waals surface area contributed by atoms with Crippen LogP contribution in [0.25, 0.3) is 11.4 Å². The number of halogens is 2. The van der Waals surface area contributed by atoms with Crippen LogP contribution in [0.15, 0.2) is 56.4 Å². The first-order chi connectivity index (χ1) is 13.4. The van der Waals surface area contributed by atoms with E-state index >= 15 is 0 Å². The zero-order chi connectivity index (χ0) is 19.9. The van der Waals surface area contributed by atoms with E-state index in [0.717, 1.165) is 16.5 Å². The first-order valence-corrected chi connectivity index (χ1v) is 11.4. The van der Waals surface area contributed by atoms with Crippen molar-refractivity contribution in [2.24, 2.45) is 0 Å². The van der Waals surface area contributed by atoms with Gasteiger partial charge in [0.15, 0.2) is 0 Å². The minimum absolute atomic E-state index is 0.208. The number of hydrogen-bond donors (Lipinski definition) is 0. The Bertz CT molecular complexity index is 1120. The number of hydrogen-bond acceptors (Lipinski definition) is 5. The third kappa shape index (κ3) is 3.50. The van der Waals surface area contributed by atoms with E-state index in [9.17, 15) is 8.42 Å². The van der Waals surface area contributed by atoms with Crippen molar-refractivity contribution in [2.45, 2.75) is 30.7 Å². The van der Waals surface area contributed by atoms with Crippen molar-refractivity contribution in [3.05, 3.63) is 63.4 Å². The van der Waals surface area contributed by atoms with Gasteiger partial charge < -0.3 is 4.52 Å². The summed E-state index contributed by atoms with van der Waals surface area (Å²) >= 11 is 9.53. The summed E-state index contributed by atoms with van der Waals surface area (Å²) in [6.07, 6.45) is 1.35. The fourth-order valence-electron chi connectivity index (χ4n) is 3.35. The van der Waals surface area contributed by atoms with Gasteiger partial charge in [-0.2, -0.15) is 9.29 Å². The van der Waals surface area contributed by atoms with Crippen molar-refractivity contribution in [2.75, 3.05) is 6.54 Å². The van der Waals surface area contributed by atoms with Gasteiger partial charge in [-0.3, -0.25) is 0 Å². The van der Waals surface area contributed by atoms with Gasteiger partial charge in [0.25, 0.3) is 0 Å². The molecule has 9 heteroatoms. The van der Waals surface area contributed by atoms with Gasteiger partial charge in [-0.15, -0.1) is 0 Å². The second kappa shape index (κ2) is 7.59. The zero-order valence-electron chi connectivity index (χ0n) is 15.0. The topological polar surface area (TPSA) is 76.3 Å². The first kappa shape index (κ1) is 19.6. The van der Waals surface area contributed by atoms with Crippen LogP contribution in [0, 0.1) is 6.92 Å². The molecule has 1 aliphatic heterocycles. The molecule has 0 radical (unpaired) electrons. The SMILES string of the molecule is Cc1c(Cl)cccc1S(=O)(=O)N1CCCC1c1nc(-c2ccc(Br)cc2)no1.